The summed E-state index contributed by atoms with van der Waals surface area (Å²) < 4.78 is 26.3. The highest BCUT2D eigenvalue weighted by molar-refractivity contribution is 7.99. The van der Waals surface area contributed by atoms with Gasteiger partial charge in [-0.15, -0.1) is 0 Å². The van der Waals surface area contributed by atoms with Gasteiger partial charge in [0.1, 0.15) is 11.6 Å². The number of carbonyl (C=O) groups is 1. The van der Waals surface area contributed by atoms with Crippen molar-refractivity contribution in [3.8, 4) is 0 Å². The van der Waals surface area contributed by atoms with Crippen LogP contribution in [0.4, 0.5) is 14.5 Å². The van der Waals surface area contributed by atoms with E-state index in [2.05, 4.69) is 0 Å². The predicted molar refractivity (Wildman–Crippen MR) is 70.5 cm³/mol. The zero-order valence-corrected chi connectivity index (χ0v) is 11.1. The lowest BCUT2D eigenvalue weighted by molar-refractivity contribution is -0.387. The van der Waals surface area contributed by atoms with Gasteiger partial charge in [-0.05, 0) is 30.3 Å². The summed E-state index contributed by atoms with van der Waals surface area (Å²) in [5, 5.41) is 19.8. The molecule has 1 N–H and O–H groups in total. The average Bonchev–Trinajstić information content (AvgIpc) is 2.42. The van der Waals surface area contributed by atoms with Gasteiger partial charge in [0.25, 0.3) is 5.69 Å². The van der Waals surface area contributed by atoms with E-state index in [1.54, 1.807) is 0 Å². The second kappa shape index (κ2) is 5.88. The first kappa shape index (κ1) is 14.9. The quantitative estimate of drug-likeness (QED) is 0.687. The Balaban J connectivity index is 2.49. The lowest BCUT2D eigenvalue weighted by Gasteiger charge is -2.05. The topological polar surface area (TPSA) is 80.4 Å². The summed E-state index contributed by atoms with van der Waals surface area (Å²) in [7, 11) is 0. The number of nitrogens with zero attached hydrogens (tertiary/aromatic N) is 1. The van der Waals surface area contributed by atoms with Gasteiger partial charge in [0.05, 0.1) is 21.4 Å². The molecule has 0 saturated carbocycles. The van der Waals surface area contributed by atoms with Crippen LogP contribution in [-0.4, -0.2) is 16.0 Å². The van der Waals surface area contributed by atoms with Gasteiger partial charge in [-0.3, -0.25) is 10.1 Å². The van der Waals surface area contributed by atoms with Gasteiger partial charge in [0, 0.05) is 4.90 Å². The lowest BCUT2D eigenvalue weighted by Crippen LogP contribution is -2.03. The second-order valence-electron chi connectivity index (χ2n) is 3.92. The summed E-state index contributed by atoms with van der Waals surface area (Å²) in [5.41, 5.74) is -1.21. The van der Waals surface area contributed by atoms with E-state index in [1.807, 2.05) is 0 Å². The van der Waals surface area contributed by atoms with Crippen LogP contribution < -0.4 is 0 Å². The molecule has 108 valence electrons. The number of nitro benzene ring substituents is 1. The summed E-state index contributed by atoms with van der Waals surface area (Å²) in [5.74, 6) is -3.18. The van der Waals surface area contributed by atoms with E-state index >= 15 is 0 Å². The maximum Gasteiger partial charge on any atom is 0.338 e. The molecule has 0 atom stereocenters. The Morgan fingerprint density at radius 2 is 1.81 bits per heavy atom. The predicted octanol–water partition coefficient (Wildman–Crippen LogP) is 3.72. The Bertz CT molecular complexity index is 719. The van der Waals surface area contributed by atoms with Crippen molar-refractivity contribution in [1.29, 1.82) is 0 Å². The number of carboxylic acid groups (broad SMARTS) is 1. The number of benzene rings is 2. The third-order valence-corrected chi connectivity index (χ3v) is 3.57. The molecule has 0 aliphatic heterocycles. The van der Waals surface area contributed by atoms with Gasteiger partial charge in [-0.25, -0.2) is 13.6 Å². The van der Waals surface area contributed by atoms with Crippen molar-refractivity contribution < 1.29 is 23.6 Å². The number of halogens is 2. The van der Waals surface area contributed by atoms with Crippen molar-refractivity contribution in [2.24, 2.45) is 0 Å². The van der Waals surface area contributed by atoms with Crippen molar-refractivity contribution in [3.63, 3.8) is 0 Å². The molecular formula is C13H7F2NO4S. The molecule has 0 spiro atoms. The Hall–Kier alpha value is -2.48. The highest BCUT2D eigenvalue weighted by Crippen LogP contribution is 2.36. The summed E-state index contributed by atoms with van der Waals surface area (Å²) in [4.78, 5) is 21.4. The molecule has 5 nitrogen and oxygen atoms in total. The average molecular weight is 311 g/mol. The number of rotatable bonds is 4. The molecule has 0 saturated heterocycles. The van der Waals surface area contributed by atoms with Crippen LogP contribution >= 0.6 is 11.8 Å². The highest BCUT2D eigenvalue weighted by atomic mass is 32.2. The van der Waals surface area contributed by atoms with Crippen LogP contribution in [0, 0.1) is 21.7 Å². The largest absolute Gasteiger partial charge is 0.478 e. The number of aromatic carboxylic acids is 1. The van der Waals surface area contributed by atoms with Gasteiger partial charge in [-0.2, -0.15) is 0 Å². The lowest BCUT2D eigenvalue weighted by atomic mass is 10.2. The number of carboxylic acids is 1. The summed E-state index contributed by atoms with van der Waals surface area (Å²) in [6.45, 7) is 0. The Labute approximate surface area is 121 Å². The van der Waals surface area contributed by atoms with E-state index in [-0.39, 0.29) is 4.90 Å². The minimum atomic E-state index is -1.52. The Morgan fingerprint density at radius 1 is 1.19 bits per heavy atom. The van der Waals surface area contributed by atoms with Crippen molar-refractivity contribution in [2.75, 3.05) is 0 Å². The maximum atomic E-state index is 13.5. The minimum Gasteiger partial charge on any atom is -0.478 e. The van der Waals surface area contributed by atoms with Crippen molar-refractivity contribution in [1.82, 2.24) is 0 Å². The number of hydrogen-bond donors (Lipinski definition) is 1. The van der Waals surface area contributed by atoms with Crippen LogP contribution in [0.2, 0.25) is 0 Å². The zero-order chi connectivity index (χ0) is 15.6. The summed E-state index contributed by atoms with van der Waals surface area (Å²) >= 11 is 0.853. The third-order valence-electron chi connectivity index (χ3n) is 2.52. The van der Waals surface area contributed by atoms with Crippen LogP contribution in [0.5, 0.6) is 0 Å². The van der Waals surface area contributed by atoms with Crippen molar-refractivity contribution in [3.05, 3.63) is 63.7 Å². The highest BCUT2D eigenvalue weighted by Gasteiger charge is 2.22. The molecule has 0 aromatic heterocycles. The SMILES string of the molecule is O=C(O)c1cc(Sc2ccc(F)cc2)c([N+](=O)[O-])cc1F. The van der Waals surface area contributed by atoms with E-state index < -0.39 is 33.8 Å². The first-order valence-electron chi connectivity index (χ1n) is 5.53. The van der Waals surface area contributed by atoms with Crippen LogP contribution in [-0.2, 0) is 0 Å². The Kier molecular flexibility index (Phi) is 4.18. The molecule has 0 aliphatic rings. The monoisotopic (exact) mass is 311 g/mol. The normalized spacial score (nSPS) is 10.4. The maximum absolute atomic E-state index is 13.5. The standard InChI is InChI=1S/C13H7F2NO4S/c14-7-1-3-8(4-2-7)21-12-5-9(13(17)18)10(15)6-11(12)16(19)20/h1-6H,(H,17,18). The van der Waals surface area contributed by atoms with Crippen LogP contribution in [0.3, 0.4) is 0 Å². The molecule has 2 rings (SSSR count). The number of nitro groups is 1. The smallest absolute Gasteiger partial charge is 0.338 e. The van der Waals surface area contributed by atoms with E-state index in [0.717, 1.165) is 30.0 Å². The van der Waals surface area contributed by atoms with E-state index in [1.165, 1.54) is 12.1 Å². The molecule has 2 aromatic carbocycles. The fourth-order valence-corrected chi connectivity index (χ4v) is 2.50. The van der Waals surface area contributed by atoms with Crippen molar-refractivity contribution in [2.45, 2.75) is 9.79 Å². The van der Waals surface area contributed by atoms with Gasteiger partial charge >= 0.3 is 5.97 Å². The molecular weight excluding hydrogens is 304 g/mol. The van der Waals surface area contributed by atoms with E-state index in [4.69, 9.17) is 5.11 Å². The number of hydrogen-bond acceptors (Lipinski definition) is 4. The van der Waals surface area contributed by atoms with Crippen LogP contribution in [0.15, 0.2) is 46.2 Å². The molecule has 8 heteroatoms. The molecule has 0 aliphatic carbocycles. The molecule has 0 heterocycles. The fraction of sp³-hybridized carbons (Fsp3) is 0. The fourth-order valence-electron chi connectivity index (χ4n) is 1.56. The molecule has 21 heavy (non-hydrogen) atoms. The van der Waals surface area contributed by atoms with Gasteiger partial charge < -0.3 is 5.11 Å². The first-order valence-corrected chi connectivity index (χ1v) is 6.35. The second-order valence-corrected chi connectivity index (χ2v) is 5.03. The van der Waals surface area contributed by atoms with Gasteiger partial charge in [-0.1, -0.05) is 11.8 Å². The Morgan fingerprint density at radius 3 is 2.33 bits per heavy atom. The van der Waals surface area contributed by atoms with Gasteiger partial charge in [0.15, 0.2) is 0 Å². The summed E-state index contributed by atoms with van der Waals surface area (Å²) in [6, 6.07) is 6.55. The third kappa shape index (κ3) is 3.34. The molecule has 2 aromatic rings. The minimum absolute atomic E-state index is 0.0367. The molecule has 0 bridgehead atoms. The van der Waals surface area contributed by atoms with Gasteiger partial charge in [0.2, 0.25) is 0 Å². The molecule has 0 radical (unpaired) electrons. The summed E-state index contributed by atoms with van der Waals surface area (Å²) in [6.07, 6.45) is 0. The van der Waals surface area contributed by atoms with Crippen molar-refractivity contribution >= 4 is 23.4 Å². The van der Waals surface area contributed by atoms with Crippen LogP contribution in [0.1, 0.15) is 10.4 Å². The van der Waals surface area contributed by atoms with Crippen LogP contribution in [0.25, 0.3) is 0 Å². The zero-order valence-electron chi connectivity index (χ0n) is 10.2. The van der Waals surface area contributed by atoms with E-state index in [0.29, 0.717) is 11.0 Å². The molecule has 0 fully saturated rings. The molecule has 0 amide bonds. The molecule has 0 unspecified atom stereocenters. The van der Waals surface area contributed by atoms with E-state index in [9.17, 15) is 23.7 Å². The first-order chi connectivity index (χ1) is 9.88.